The average Bonchev–Trinajstić information content (AvgIpc) is 4.39. The number of benzene rings is 12. The summed E-state index contributed by atoms with van der Waals surface area (Å²) in [7, 11) is 0. The van der Waals surface area contributed by atoms with E-state index < -0.39 is 0 Å². The van der Waals surface area contributed by atoms with Gasteiger partial charge in [0.2, 0.25) is 20.1 Å². The number of fused-ring (bicyclic) bond motifs is 15. The van der Waals surface area contributed by atoms with Crippen molar-refractivity contribution in [1.82, 2.24) is 0 Å². The minimum absolute atomic E-state index is 0.322. The number of hydrogen-bond donors (Lipinski definition) is 0. The maximum absolute atomic E-state index is 2.45. The van der Waals surface area contributed by atoms with E-state index in [1.165, 1.54) is 150 Å². The second-order valence-electron chi connectivity index (χ2n) is 22.4. The topological polar surface area (TPSA) is 9.72 Å². The molecule has 0 saturated carbocycles. The van der Waals surface area contributed by atoms with Crippen molar-refractivity contribution in [1.29, 1.82) is 0 Å². The molecular formula is C75H54B3N3. The molecule has 378 valence electrons. The number of hydrogen-bond acceptors (Lipinski definition) is 3. The van der Waals surface area contributed by atoms with Gasteiger partial charge in [0, 0.05) is 51.2 Å². The van der Waals surface area contributed by atoms with Gasteiger partial charge in [-0.05, 0) is 164 Å². The highest BCUT2D eigenvalue weighted by atomic mass is 15.2. The molecule has 6 aliphatic heterocycles. The van der Waals surface area contributed by atoms with Gasteiger partial charge in [0.15, 0.2) is 0 Å². The van der Waals surface area contributed by atoms with Crippen LogP contribution in [0, 0.1) is 20.8 Å². The third-order valence-electron chi connectivity index (χ3n) is 17.9. The molecule has 6 aliphatic rings. The minimum atomic E-state index is 0.322. The van der Waals surface area contributed by atoms with Crippen LogP contribution in [0.4, 0.5) is 51.2 Å². The number of rotatable bonds is 3. The van der Waals surface area contributed by atoms with Crippen molar-refractivity contribution in [3.63, 3.8) is 0 Å². The quantitative estimate of drug-likeness (QED) is 0.163. The van der Waals surface area contributed by atoms with E-state index in [0.29, 0.717) is 20.1 Å². The van der Waals surface area contributed by atoms with E-state index in [1.807, 2.05) is 0 Å². The molecule has 12 aromatic rings. The summed E-state index contributed by atoms with van der Waals surface area (Å²) >= 11 is 0. The van der Waals surface area contributed by atoms with Gasteiger partial charge >= 0.3 is 0 Å². The third-order valence-corrected chi connectivity index (χ3v) is 17.9. The lowest BCUT2D eigenvalue weighted by atomic mass is 9.37. The lowest BCUT2D eigenvalue weighted by Crippen LogP contribution is -2.54. The van der Waals surface area contributed by atoms with Crippen molar-refractivity contribution >= 4 is 120 Å². The van der Waals surface area contributed by atoms with Crippen molar-refractivity contribution < 1.29 is 0 Å². The molecule has 0 spiro atoms. The Balaban J connectivity index is 0.000000100. The zero-order chi connectivity index (χ0) is 53.9. The lowest BCUT2D eigenvalue weighted by molar-refractivity contribution is 1.26. The van der Waals surface area contributed by atoms with Crippen LogP contribution in [0.25, 0.3) is 33.4 Å². The van der Waals surface area contributed by atoms with Crippen LogP contribution in [0.1, 0.15) is 16.7 Å². The van der Waals surface area contributed by atoms with Crippen LogP contribution in [0.5, 0.6) is 0 Å². The Hall–Kier alpha value is -9.77. The summed E-state index contributed by atoms with van der Waals surface area (Å²) in [5.74, 6) is 0. The first-order valence-electron chi connectivity index (χ1n) is 28.5. The summed E-state index contributed by atoms with van der Waals surface area (Å²) < 4.78 is 0. The minimum Gasteiger partial charge on any atom is -0.311 e. The number of para-hydroxylation sites is 5. The van der Waals surface area contributed by atoms with Crippen molar-refractivity contribution in [2.24, 2.45) is 0 Å². The van der Waals surface area contributed by atoms with E-state index in [0.717, 1.165) is 0 Å². The van der Waals surface area contributed by atoms with Gasteiger partial charge in [-0.2, -0.15) is 0 Å². The molecule has 0 fully saturated rings. The van der Waals surface area contributed by atoms with Crippen molar-refractivity contribution in [3.05, 3.63) is 290 Å². The Labute approximate surface area is 476 Å². The highest BCUT2D eigenvalue weighted by Crippen LogP contribution is 2.45. The number of aryl methyl sites for hydroxylation is 3. The highest BCUT2D eigenvalue weighted by molar-refractivity contribution is 7.03. The fourth-order valence-corrected chi connectivity index (χ4v) is 14.7. The molecule has 0 bridgehead atoms. The number of nitrogens with zero attached hydrogens (tertiary/aromatic N) is 3. The summed E-state index contributed by atoms with van der Waals surface area (Å²) in [6.07, 6.45) is 0. The normalized spacial score (nSPS) is 13.2. The van der Waals surface area contributed by atoms with Gasteiger partial charge in [0.1, 0.15) is 0 Å². The Bertz CT molecular complexity index is 4480. The summed E-state index contributed by atoms with van der Waals surface area (Å²) in [4.78, 5) is 7.33. The molecule has 6 heterocycles. The van der Waals surface area contributed by atoms with Crippen molar-refractivity contribution in [2.45, 2.75) is 20.8 Å². The largest absolute Gasteiger partial charge is 0.311 e. The van der Waals surface area contributed by atoms with Gasteiger partial charge in [0.25, 0.3) is 0 Å². The summed E-state index contributed by atoms with van der Waals surface area (Å²) in [5.41, 5.74) is 36.5. The van der Waals surface area contributed by atoms with Crippen LogP contribution in [0.15, 0.2) is 273 Å². The second-order valence-corrected chi connectivity index (χ2v) is 22.4. The Morgan fingerprint density at radius 2 is 0.617 bits per heavy atom. The van der Waals surface area contributed by atoms with Gasteiger partial charge in [-0.15, -0.1) is 0 Å². The van der Waals surface area contributed by atoms with Gasteiger partial charge in [-0.1, -0.05) is 229 Å². The summed E-state index contributed by atoms with van der Waals surface area (Å²) in [5, 5.41) is 0. The Morgan fingerprint density at radius 1 is 0.235 bits per heavy atom. The van der Waals surface area contributed by atoms with E-state index in [4.69, 9.17) is 0 Å². The third kappa shape index (κ3) is 7.12. The maximum Gasteiger partial charge on any atom is 0.248 e. The maximum atomic E-state index is 2.45. The first-order valence-corrected chi connectivity index (χ1v) is 28.5. The molecular weight excluding hydrogens is 975 g/mol. The first kappa shape index (κ1) is 47.3. The fourth-order valence-electron chi connectivity index (χ4n) is 14.7. The van der Waals surface area contributed by atoms with Crippen LogP contribution in [0.3, 0.4) is 0 Å². The molecule has 0 aliphatic carbocycles. The summed E-state index contributed by atoms with van der Waals surface area (Å²) in [6.45, 7) is 7.56. The average molecular weight is 1030 g/mol. The zero-order valence-electron chi connectivity index (χ0n) is 45.6. The zero-order valence-corrected chi connectivity index (χ0v) is 45.6. The molecule has 18 rings (SSSR count). The molecule has 0 amide bonds. The summed E-state index contributed by atoms with van der Waals surface area (Å²) in [6, 6.07) is 99.6. The van der Waals surface area contributed by atoms with Gasteiger partial charge in [0.05, 0.1) is 0 Å². The van der Waals surface area contributed by atoms with Crippen molar-refractivity contribution in [3.8, 4) is 33.4 Å². The van der Waals surface area contributed by atoms with Crippen LogP contribution in [-0.4, -0.2) is 20.1 Å². The Kier molecular flexibility index (Phi) is 10.9. The van der Waals surface area contributed by atoms with E-state index in [-0.39, 0.29) is 0 Å². The second kappa shape index (κ2) is 18.7. The van der Waals surface area contributed by atoms with E-state index >= 15 is 0 Å². The van der Waals surface area contributed by atoms with Crippen LogP contribution in [-0.2, 0) is 0 Å². The van der Waals surface area contributed by atoms with Crippen LogP contribution in [0.2, 0.25) is 0 Å². The number of anilines is 9. The first-order chi connectivity index (χ1) is 40.0. The predicted molar refractivity (Wildman–Crippen MR) is 348 cm³/mol. The molecule has 3 nitrogen and oxygen atoms in total. The molecule has 0 N–H and O–H groups in total. The van der Waals surface area contributed by atoms with E-state index in [9.17, 15) is 0 Å². The Morgan fingerprint density at radius 3 is 1.16 bits per heavy atom. The molecule has 81 heavy (non-hydrogen) atoms. The van der Waals surface area contributed by atoms with Crippen LogP contribution >= 0.6 is 0 Å². The SMILES string of the molecule is Cc1ccc2c3c1N(c1ccccc1)c1ccccc1B3c1ccccc1-2.Cc1cccc(N2c3ccccc3B3c4ccccc4-c4cccc2c43)c1.Cc1ccccc1N1c2ccccc2B2c3ccccc3-c3cccc1c32. The smallest absolute Gasteiger partial charge is 0.248 e. The molecule has 12 aromatic carbocycles. The van der Waals surface area contributed by atoms with Gasteiger partial charge < -0.3 is 14.7 Å². The van der Waals surface area contributed by atoms with Crippen molar-refractivity contribution in [2.75, 3.05) is 14.7 Å². The monoisotopic (exact) mass is 1030 g/mol. The highest BCUT2D eigenvalue weighted by Gasteiger charge is 2.45. The van der Waals surface area contributed by atoms with Gasteiger partial charge in [-0.3, -0.25) is 0 Å². The molecule has 0 radical (unpaired) electrons. The van der Waals surface area contributed by atoms with E-state index in [2.05, 4.69) is 308 Å². The van der Waals surface area contributed by atoms with E-state index in [1.54, 1.807) is 0 Å². The lowest BCUT2D eigenvalue weighted by Gasteiger charge is -2.37. The molecule has 0 unspecified atom stereocenters. The predicted octanol–water partition coefficient (Wildman–Crippen LogP) is 12.8. The molecule has 0 aromatic heterocycles. The molecule has 6 heteroatoms. The van der Waals surface area contributed by atoms with Crippen LogP contribution < -0.4 is 63.9 Å². The molecule has 0 atom stereocenters. The van der Waals surface area contributed by atoms with Gasteiger partial charge in [-0.25, -0.2) is 0 Å². The fraction of sp³-hybridized carbons (Fsp3) is 0.0400. The molecule has 0 saturated heterocycles. The standard InChI is InChI=1S/3C25H18BN/c1-17-9-2-6-14-22(17)27-23-15-7-5-13-21(23)26-20-12-4-3-10-18(20)19-11-8-16-24(27)25(19)26;1-17-8-6-9-18(16-17)27-23-14-5-4-13-22(23)26-21-12-3-2-10-19(21)20-11-7-15-24(27)25(20)26;1-17-15-16-20-19-11-5-6-12-21(19)26-22-13-7-8-14-23(22)27(25(17)24(20)26)18-9-3-2-4-10-18/h3*2-16H,1H3.